The van der Waals surface area contributed by atoms with Crippen molar-refractivity contribution >= 4 is 17.9 Å². The molecule has 0 aromatic carbocycles. The van der Waals surface area contributed by atoms with E-state index in [-0.39, 0.29) is 32.1 Å². The lowest BCUT2D eigenvalue weighted by molar-refractivity contribution is -0.147. The highest BCUT2D eigenvalue weighted by Crippen LogP contribution is 2.33. The molecule has 0 radical (unpaired) electrons. The van der Waals surface area contributed by atoms with Crippen LogP contribution < -0.4 is 0 Å². The van der Waals surface area contributed by atoms with Gasteiger partial charge in [-0.15, -0.1) is 0 Å². The molecule has 0 aliphatic heterocycles. The molecule has 0 fully saturated rings. The second kappa shape index (κ2) is 10.2. The summed E-state index contributed by atoms with van der Waals surface area (Å²) in [7, 11) is 3.61. The molecule has 1 unspecified atom stereocenters. The zero-order valence-electron chi connectivity index (χ0n) is 13.5. The number of rotatable bonds is 9. The lowest BCUT2D eigenvalue weighted by Gasteiger charge is -2.23. The van der Waals surface area contributed by atoms with Crippen LogP contribution in [0.1, 0.15) is 32.1 Å². The van der Waals surface area contributed by atoms with Gasteiger partial charge in [0.05, 0.1) is 39.4 Å². The second-order valence-corrected chi connectivity index (χ2v) is 4.92. The standard InChI is InChI=1S/C15H20N2O6/c1-21-12(18)5-4-11(14(20)23-3)8-15(9-16,10-17)7-6-13(19)22-2/h11H,4-8H2,1-3H3. The van der Waals surface area contributed by atoms with Crippen molar-refractivity contribution in [2.45, 2.75) is 32.1 Å². The predicted molar refractivity (Wildman–Crippen MR) is 76.3 cm³/mol. The van der Waals surface area contributed by atoms with E-state index in [2.05, 4.69) is 14.2 Å². The van der Waals surface area contributed by atoms with E-state index in [9.17, 15) is 24.9 Å². The maximum atomic E-state index is 11.8. The van der Waals surface area contributed by atoms with Gasteiger partial charge in [-0.3, -0.25) is 14.4 Å². The summed E-state index contributed by atoms with van der Waals surface area (Å²) in [6.07, 6.45) is -0.287. The van der Waals surface area contributed by atoms with Crippen LogP contribution in [0.5, 0.6) is 0 Å². The summed E-state index contributed by atoms with van der Waals surface area (Å²) in [4.78, 5) is 34.3. The van der Waals surface area contributed by atoms with Crippen molar-refractivity contribution in [2.24, 2.45) is 11.3 Å². The van der Waals surface area contributed by atoms with Gasteiger partial charge in [0.25, 0.3) is 0 Å². The Morgan fingerprint density at radius 2 is 1.48 bits per heavy atom. The number of methoxy groups -OCH3 is 3. The van der Waals surface area contributed by atoms with E-state index in [1.54, 1.807) is 0 Å². The van der Waals surface area contributed by atoms with Crippen molar-refractivity contribution in [1.82, 2.24) is 0 Å². The molecule has 0 N–H and O–H groups in total. The van der Waals surface area contributed by atoms with E-state index < -0.39 is 29.2 Å². The number of carbonyl (C=O) groups excluding carboxylic acids is 3. The molecule has 0 aromatic rings. The van der Waals surface area contributed by atoms with Crippen LogP contribution in [0.2, 0.25) is 0 Å². The summed E-state index contributed by atoms with van der Waals surface area (Å²) in [6.45, 7) is 0. The molecule has 1 atom stereocenters. The first-order valence-corrected chi connectivity index (χ1v) is 6.92. The predicted octanol–water partition coefficient (Wildman–Crippen LogP) is 1.11. The Bertz CT molecular complexity index is 503. The van der Waals surface area contributed by atoms with Crippen molar-refractivity contribution < 1.29 is 28.6 Å². The molecule has 126 valence electrons. The third-order valence-corrected chi connectivity index (χ3v) is 3.47. The number of ether oxygens (including phenoxy) is 3. The summed E-state index contributed by atoms with van der Waals surface area (Å²) in [5.74, 6) is -2.50. The molecule has 0 saturated carbocycles. The van der Waals surface area contributed by atoms with E-state index in [1.807, 2.05) is 12.1 Å². The van der Waals surface area contributed by atoms with Crippen molar-refractivity contribution in [3.63, 3.8) is 0 Å². The zero-order valence-corrected chi connectivity index (χ0v) is 13.5. The fraction of sp³-hybridized carbons (Fsp3) is 0.667. The maximum Gasteiger partial charge on any atom is 0.308 e. The number of hydrogen-bond donors (Lipinski definition) is 0. The molecular weight excluding hydrogens is 304 g/mol. The lowest BCUT2D eigenvalue weighted by atomic mass is 9.77. The summed E-state index contributed by atoms with van der Waals surface area (Å²) in [5, 5.41) is 18.6. The highest BCUT2D eigenvalue weighted by molar-refractivity contribution is 5.74. The second-order valence-electron chi connectivity index (χ2n) is 4.92. The Morgan fingerprint density at radius 3 is 1.91 bits per heavy atom. The van der Waals surface area contributed by atoms with Gasteiger partial charge < -0.3 is 14.2 Å². The first-order valence-electron chi connectivity index (χ1n) is 6.92. The van der Waals surface area contributed by atoms with Gasteiger partial charge in [0.2, 0.25) is 0 Å². The first kappa shape index (κ1) is 20.4. The van der Waals surface area contributed by atoms with E-state index in [4.69, 9.17) is 0 Å². The van der Waals surface area contributed by atoms with Gasteiger partial charge >= 0.3 is 17.9 Å². The Morgan fingerprint density at radius 1 is 0.957 bits per heavy atom. The van der Waals surface area contributed by atoms with Crippen LogP contribution in [0.15, 0.2) is 0 Å². The largest absolute Gasteiger partial charge is 0.469 e. The first-order chi connectivity index (χ1) is 10.9. The molecule has 0 saturated heterocycles. The number of nitrogens with zero attached hydrogens (tertiary/aromatic N) is 2. The normalized spacial score (nSPS) is 11.5. The van der Waals surface area contributed by atoms with E-state index in [1.165, 1.54) is 21.3 Å². The smallest absolute Gasteiger partial charge is 0.308 e. The molecular formula is C15H20N2O6. The van der Waals surface area contributed by atoms with E-state index >= 15 is 0 Å². The zero-order chi connectivity index (χ0) is 17.9. The number of hydrogen-bond acceptors (Lipinski definition) is 8. The molecule has 0 aliphatic carbocycles. The monoisotopic (exact) mass is 324 g/mol. The molecule has 8 heteroatoms. The van der Waals surface area contributed by atoms with Crippen LogP contribution in [0.3, 0.4) is 0 Å². The van der Waals surface area contributed by atoms with Crippen molar-refractivity contribution in [2.75, 3.05) is 21.3 Å². The third kappa shape index (κ3) is 6.79. The van der Waals surface area contributed by atoms with Crippen molar-refractivity contribution in [3.05, 3.63) is 0 Å². The minimum absolute atomic E-state index is 0.0415. The summed E-state index contributed by atoms with van der Waals surface area (Å²) in [5.41, 5.74) is -1.54. The van der Waals surface area contributed by atoms with Crippen LogP contribution in [-0.4, -0.2) is 39.2 Å². The van der Waals surface area contributed by atoms with Gasteiger partial charge in [-0.05, 0) is 19.3 Å². The van der Waals surface area contributed by atoms with Crippen molar-refractivity contribution in [3.8, 4) is 12.1 Å². The Balaban J connectivity index is 5.10. The summed E-state index contributed by atoms with van der Waals surface area (Å²) in [6, 6.07) is 3.73. The van der Waals surface area contributed by atoms with E-state index in [0.717, 1.165) is 0 Å². The third-order valence-electron chi connectivity index (χ3n) is 3.47. The highest BCUT2D eigenvalue weighted by atomic mass is 16.5. The fourth-order valence-electron chi connectivity index (χ4n) is 2.03. The van der Waals surface area contributed by atoms with E-state index in [0.29, 0.717) is 0 Å². The van der Waals surface area contributed by atoms with Gasteiger partial charge in [0, 0.05) is 12.8 Å². The SMILES string of the molecule is COC(=O)CCC(CC(C#N)(C#N)CCC(=O)OC)C(=O)OC. The summed E-state index contributed by atoms with van der Waals surface area (Å²) >= 11 is 0. The van der Waals surface area contributed by atoms with Crippen LogP contribution in [0, 0.1) is 34.0 Å². The van der Waals surface area contributed by atoms with Gasteiger partial charge in [-0.1, -0.05) is 0 Å². The van der Waals surface area contributed by atoms with Gasteiger partial charge in [-0.25, -0.2) is 0 Å². The van der Waals surface area contributed by atoms with Crippen LogP contribution >= 0.6 is 0 Å². The minimum atomic E-state index is -1.54. The number of esters is 3. The van der Waals surface area contributed by atoms with Gasteiger partial charge in [0.1, 0.15) is 5.41 Å². The van der Waals surface area contributed by atoms with Gasteiger partial charge in [-0.2, -0.15) is 10.5 Å². The van der Waals surface area contributed by atoms with Crippen LogP contribution in [-0.2, 0) is 28.6 Å². The highest BCUT2D eigenvalue weighted by Gasteiger charge is 2.37. The quantitative estimate of drug-likeness (QED) is 0.456. The lowest BCUT2D eigenvalue weighted by Crippen LogP contribution is -2.28. The molecule has 8 nitrogen and oxygen atoms in total. The Labute approximate surface area is 134 Å². The van der Waals surface area contributed by atoms with Crippen LogP contribution in [0.25, 0.3) is 0 Å². The average molecular weight is 324 g/mol. The number of carbonyl (C=O) groups is 3. The maximum absolute atomic E-state index is 11.8. The minimum Gasteiger partial charge on any atom is -0.469 e. The molecule has 0 aromatic heterocycles. The average Bonchev–Trinajstić information content (AvgIpc) is 2.60. The van der Waals surface area contributed by atoms with Crippen LogP contribution in [0.4, 0.5) is 0 Å². The van der Waals surface area contributed by atoms with Crippen molar-refractivity contribution in [1.29, 1.82) is 10.5 Å². The molecule has 0 aliphatic rings. The molecule has 0 spiro atoms. The molecule has 0 amide bonds. The molecule has 0 bridgehead atoms. The topological polar surface area (TPSA) is 126 Å². The fourth-order valence-corrected chi connectivity index (χ4v) is 2.03. The Hall–Kier alpha value is -2.61. The number of nitriles is 2. The van der Waals surface area contributed by atoms with Gasteiger partial charge in [0.15, 0.2) is 0 Å². The Kier molecular flexibility index (Phi) is 9.02. The molecule has 23 heavy (non-hydrogen) atoms. The molecule has 0 heterocycles. The molecule has 0 rings (SSSR count). The summed E-state index contributed by atoms with van der Waals surface area (Å²) < 4.78 is 13.7.